The van der Waals surface area contributed by atoms with E-state index in [2.05, 4.69) is 14.7 Å². The van der Waals surface area contributed by atoms with Crippen LogP contribution in [0.3, 0.4) is 0 Å². The van der Waals surface area contributed by atoms with Crippen LogP contribution in [-0.2, 0) is 0 Å². The monoisotopic (exact) mass is 352 g/mol. The van der Waals surface area contributed by atoms with Gasteiger partial charge in [-0.2, -0.15) is 8.78 Å². The molecule has 0 aliphatic carbocycles. The van der Waals surface area contributed by atoms with Crippen LogP contribution >= 0.6 is 23.1 Å². The number of hydrogen-bond donors (Lipinski definition) is 0. The van der Waals surface area contributed by atoms with Crippen LogP contribution in [0.2, 0.25) is 0 Å². The average molecular weight is 352 g/mol. The quantitative estimate of drug-likeness (QED) is 0.377. The first-order valence-corrected chi connectivity index (χ1v) is 8.39. The first-order valence-electron chi connectivity index (χ1n) is 6.52. The van der Waals surface area contributed by atoms with Crippen LogP contribution in [0.5, 0.6) is 5.75 Å². The summed E-state index contributed by atoms with van der Waals surface area (Å²) in [5.41, 5.74) is 0.440. The van der Waals surface area contributed by atoms with Crippen LogP contribution in [-0.4, -0.2) is 28.1 Å². The fraction of sp³-hybridized carbons (Fsp3) is 0.133. The molecular weight excluding hydrogens is 342 g/mol. The van der Waals surface area contributed by atoms with Crippen molar-refractivity contribution in [3.63, 3.8) is 0 Å². The number of ketones is 1. The number of hydrogen-bond acceptors (Lipinski definition) is 6. The van der Waals surface area contributed by atoms with Crippen LogP contribution in [0.25, 0.3) is 10.2 Å². The summed E-state index contributed by atoms with van der Waals surface area (Å²) in [4.78, 5) is 21.4. The Morgan fingerprint density at radius 3 is 2.74 bits per heavy atom. The van der Waals surface area contributed by atoms with E-state index in [0.717, 1.165) is 15.2 Å². The van der Waals surface area contributed by atoms with E-state index in [1.54, 1.807) is 0 Å². The van der Waals surface area contributed by atoms with E-state index in [1.165, 1.54) is 53.7 Å². The molecule has 0 spiro atoms. The highest BCUT2D eigenvalue weighted by Crippen LogP contribution is 2.28. The van der Waals surface area contributed by atoms with Crippen molar-refractivity contribution < 1.29 is 18.3 Å². The van der Waals surface area contributed by atoms with Gasteiger partial charge in [0.2, 0.25) is 0 Å². The van der Waals surface area contributed by atoms with E-state index in [4.69, 9.17) is 0 Å². The molecule has 2 aromatic heterocycles. The maximum absolute atomic E-state index is 12.2. The van der Waals surface area contributed by atoms with Crippen LogP contribution < -0.4 is 4.74 Å². The number of fused-ring (bicyclic) bond motifs is 1. The summed E-state index contributed by atoms with van der Waals surface area (Å²) in [7, 11) is 0. The average Bonchev–Trinajstić information content (AvgIpc) is 3.02. The van der Waals surface area contributed by atoms with Crippen molar-refractivity contribution in [2.45, 2.75) is 11.6 Å². The maximum Gasteiger partial charge on any atom is 0.387 e. The number of nitrogens with zero attached hydrogens (tertiary/aromatic N) is 2. The zero-order valence-corrected chi connectivity index (χ0v) is 13.2. The molecule has 2 heterocycles. The van der Waals surface area contributed by atoms with Gasteiger partial charge in [-0.15, -0.1) is 11.3 Å². The molecule has 8 heteroatoms. The first kappa shape index (κ1) is 15.8. The van der Waals surface area contributed by atoms with Crippen LogP contribution in [0, 0.1) is 0 Å². The van der Waals surface area contributed by atoms with Gasteiger partial charge in [0.05, 0.1) is 5.75 Å². The van der Waals surface area contributed by atoms with Crippen molar-refractivity contribution in [1.29, 1.82) is 0 Å². The Labute approximate surface area is 138 Å². The zero-order chi connectivity index (χ0) is 16.2. The number of carbonyl (C=O) groups is 1. The lowest BCUT2D eigenvalue weighted by atomic mass is 10.1. The summed E-state index contributed by atoms with van der Waals surface area (Å²) >= 11 is 2.84. The molecule has 0 N–H and O–H groups in total. The molecule has 0 saturated heterocycles. The van der Waals surface area contributed by atoms with Gasteiger partial charge >= 0.3 is 6.61 Å². The second-order valence-electron chi connectivity index (χ2n) is 4.43. The van der Waals surface area contributed by atoms with Gasteiger partial charge in [0, 0.05) is 10.9 Å². The molecule has 0 saturated carbocycles. The zero-order valence-electron chi connectivity index (χ0n) is 11.6. The highest BCUT2D eigenvalue weighted by molar-refractivity contribution is 8.00. The second kappa shape index (κ2) is 7.01. The summed E-state index contributed by atoms with van der Waals surface area (Å²) in [6, 6.07) is 7.57. The van der Waals surface area contributed by atoms with Crippen LogP contribution in [0.1, 0.15) is 10.4 Å². The largest absolute Gasteiger partial charge is 0.435 e. The van der Waals surface area contributed by atoms with E-state index in [9.17, 15) is 13.6 Å². The minimum atomic E-state index is -2.88. The standard InChI is InChI=1S/C15H10F2N2O2S2/c16-15(17)21-10-3-1-9(2-4-10)12(20)7-23-14-11-5-6-22-13(11)18-8-19-14/h1-6,8,15H,7H2. The Hall–Kier alpha value is -2.06. The number of benzene rings is 1. The summed E-state index contributed by atoms with van der Waals surface area (Å²) in [5.74, 6) is 0.123. The molecule has 0 fully saturated rings. The van der Waals surface area contributed by atoms with Crippen molar-refractivity contribution in [3.8, 4) is 5.75 Å². The fourth-order valence-electron chi connectivity index (χ4n) is 1.92. The summed E-state index contributed by atoms with van der Waals surface area (Å²) in [6.07, 6.45) is 1.47. The molecule has 4 nitrogen and oxygen atoms in total. The number of alkyl halides is 2. The fourth-order valence-corrected chi connectivity index (χ4v) is 3.60. The van der Waals surface area contributed by atoms with Crippen molar-refractivity contribution in [3.05, 3.63) is 47.6 Å². The molecule has 118 valence electrons. The topological polar surface area (TPSA) is 52.1 Å². The lowest BCUT2D eigenvalue weighted by molar-refractivity contribution is -0.0498. The SMILES string of the molecule is O=C(CSc1ncnc2sccc12)c1ccc(OC(F)F)cc1. The van der Waals surface area contributed by atoms with Gasteiger partial charge in [0.1, 0.15) is 21.9 Å². The minimum Gasteiger partial charge on any atom is -0.435 e. The van der Waals surface area contributed by atoms with Gasteiger partial charge in [-0.25, -0.2) is 9.97 Å². The van der Waals surface area contributed by atoms with Gasteiger partial charge in [-0.05, 0) is 35.7 Å². The highest BCUT2D eigenvalue weighted by atomic mass is 32.2. The Balaban J connectivity index is 1.66. The third-order valence-corrected chi connectivity index (χ3v) is 4.79. The number of ether oxygens (including phenoxy) is 1. The Morgan fingerprint density at radius 2 is 2.00 bits per heavy atom. The third-order valence-electron chi connectivity index (χ3n) is 2.97. The number of halogens is 2. The van der Waals surface area contributed by atoms with Gasteiger partial charge < -0.3 is 4.74 Å². The molecule has 0 unspecified atom stereocenters. The third kappa shape index (κ3) is 3.83. The van der Waals surface area contributed by atoms with E-state index in [1.807, 2.05) is 11.4 Å². The van der Waals surface area contributed by atoms with Gasteiger partial charge in [0.15, 0.2) is 5.78 Å². The number of thiophene rings is 1. The van der Waals surface area contributed by atoms with E-state index < -0.39 is 6.61 Å². The number of aromatic nitrogens is 2. The molecule has 0 aliphatic rings. The molecule has 3 aromatic rings. The molecule has 23 heavy (non-hydrogen) atoms. The molecule has 0 radical (unpaired) electrons. The minimum absolute atomic E-state index is 0.0278. The normalized spacial score (nSPS) is 11.1. The summed E-state index contributed by atoms with van der Waals surface area (Å²) in [6.45, 7) is -2.88. The smallest absolute Gasteiger partial charge is 0.387 e. The maximum atomic E-state index is 12.2. The van der Waals surface area contributed by atoms with Crippen LogP contribution in [0.15, 0.2) is 47.1 Å². The van der Waals surface area contributed by atoms with Gasteiger partial charge in [0.25, 0.3) is 0 Å². The van der Waals surface area contributed by atoms with E-state index in [0.29, 0.717) is 5.56 Å². The van der Waals surface area contributed by atoms with Crippen molar-refractivity contribution in [2.24, 2.45) is 0 Å². The number of Topliss-reactive ketones (excluding diaryl/α,β-unsaturated/α-hetero) is 1. The van der Waals surface area contributed by atoms with Gasteiger partial charge in [-0.3, -0.25) is 4.79 Å². The molecule has 0 bridgehead atoms. The van der Waals surface area contributed by atoms with Crippen molar-refractivity contribution >= 4 is 39.1 Å². The Kier molecular flexibility index (Phi) is 4.82. The molecule has 0 amide bonds. The molecule has 0 aliphatic heterocycles. The Bertz CT molecular complexity index is 822. The molecule has 3 rings (SSSR count). The Morgan fingerprint density at radius 1 is 1.22 bits per heavy atom. The summed E-state index contributed by atoms with van der Waals surface area (Å²) < 4.78 is 28.4. The van der Waals surface area contributed by atoms with Crippen molar-refractivity contribution in [1.82, 2.24) is 9.97 Å². The highest BCUT2D eigenvalue weighted by Gasteiger charge is 2.11. The molecule has 1 aromatic carbocycles. The number of rotatable bonds is 6. The lowest BCUT2D eigenvalue weighted by Gasteiger charge is -2.05. The van der Waals surface area contributed by atoms with E-state index >= 15 is 0 Å². The van der Waals surface area contributed by atoms with E-state index in [-0.39, 0.29) is 17.3 Å². The molecular formula is C15H10F2N2O2S2. The second-order valence-corrected chi connectivity index (χ2v) is 6.29. The molecule has 0 atom stereocenters. The predicted octanol–water partition coefficient (Wildman–Crippen LogP) is 4.27. The predicted molar refractivity (Wildman–Crippen MR) is 85.5 cm³/mol. The number of carbonyl (C=O) groups excluding carboxylic acids is 1. The summed E-state index contributed by atoms with van der Waals surface area (Å²) in [5, 5.41) is 3.60. The first-order chi connectivity index (χ1) is 11.1. The lowest BCUT2D eigenvalue weighted by Crippen LogP contribution is -2.04. The van der Waals surface area contributed by atoms with Crippen LogP contribution in [0.4, 0.5) is 8.78 Å². The van der Waals surface area contributed by atoms with Crippen molar-refractivity contribution in [2.75, 3.05) is 5.75 Å². The van der Waals surface area contributed by atoms with Gasteiger partial charge in [-0.1, -0.05) is 11.8 Å². The number of thioether (sulfide) groups is 1.